The van der Waals surface area contributed by atoms with Crippen molar-refractivity contribution in [2.24, 2.45) is 4.99 Å². The van der Waals surface area contributed by atoms with Gasteiger partial charge in [0.05, 0.1) is 31.2 Å². The van der Waals surface area contributed by atoms with Gasteiger partial charge in [0.2, 0.25) is 5.88 Å². The van der Waals surface area contributed by atoms with Gasteiger partial charge in [0.25, 0.3) is 5.56 Å². The van der Waals surface area contributed by atoms with Gasteiger partial charge < -0.3 is 14.6 Å². The third-order valence-corrected chi connectivity index (χ3v) is 5.34. The third kappa shape index (κ3) is 3.96. The minimum atomic E-state index is -0.392. The standard InChI is InChI=1S/C26H22N2O5/c1-16(29)18-8-6-7-11-22(18)27-15-21-19-9-4-5-10-20(19)25(30)28(26(21)31)17-12-13-23(32-2)24(14-17)33-3/h4-15,31H,1-3H3. The second-order valence-corrected chi connectivity index (χ2v) is 7.29. The van der Waals surface area contributed by atoms with Crippen molar-refractivity contribution in [3.63, 3.8) is 0 Å². The van der Waals surface area contributed by atoms with Gasteiger partial charge in [0.15, 0.2) is 17.3 Å². The largest absolute Gasteiger partial charge is 0.494 e. The van der Waals surface area contributed by atoms with Crippen LogP contribution in [0.2, 0.25) is 0 Å². The summed E-state index contributed by atoms with van der Waals surface area (Å²) >= 11 is 0. The van der Waals surface area contributed by atoms with Crippen LogP contribution in [0.25, 0.3) is 16.5 Å². The average molecular weight is 442 g/mol. The Kier molecular flexibility index (Phi) is 5.95. The molecule has 0 aliphatic heterocycles. The molecule has 4 rings (SSSR count). The van der Waals surface area contributed by atoms with Crippen LogP contribution in [0.5, 0.6) is 17.4 Å². The van der Waals surface area contributed by atoms with E-state index in [0.29, 0.717) is 44.8 Å². The Balaban J connectivity index is 1.97. The summed E-state index contributed by atoms with van der Waals surface area (Å²) in [4.78, 5) is 29.7. The lowest BCUT2D eigenvalue weighted by atomic mass is 10.1. The van der Waals surface area contributed by atoms with Gasteiger partial charge in [-0.3, -0.25) is 14.6 Å². The van der Waals surface area contributed by atoms with E-state index in [1.54, 1.807) is 66.7 Å². The van der Waals surface area contributed by atoms with Gasteiger partial charge in [-0.1, -0.05) is 30.3 Å². The van der Waals surface area contributed by atoms with Gasteiger partial charge in [0, 0.05) is 28.6 Å². The van der Waals surface area contributed by atoms with E-state index in [1.807, 2.05) is 0 Å². The molecule has 7 nitrogen and oxygen atoms in total. The van der Waals surface area contributed by atoms with Crippen LogP contribution in [0.3, 0.4) is 0 Å². The Morgan fingerprint density at radius 1 is 0.939 bits per heavy atom. The smallest absolute Gasteiger partial charge is 0.265 e. The van der Waals surface area contributed by atoms with Crippen LogP contribution in [0, 0.1) is 0 Å². The van der Waals surface area contributed by atoms with E-state index >= 15 is 0 Å². The van der Waals surface area contributed by atoms with Crippen molar-refractivity contribution >= 4 is 28.5 Å². The van der Waals surface area contributed by atoms with Crippen molar-refractivity contribution in [1.82, 2.24) is 4.57 Å². The number of Topliss-reactive ketones (excluding diaryl/α,β-unsaturated/α-hetero) is 1. The number of rotatable bonds is 6. The number of carbonyl (C=O) groups excluding carboxylic acids is 1. The second-order valence-electron chi connectivity index (χ2n) is 7.29. The summed E-state index contributed by atoms with van der Waals surface area (Å²) in [5.74, 6) is 0.513. The number of fused-ring (bicyclic) bond motifs is 1. The lowest BCUT2D eigenvalue weighted by molar-refractivity contribution is 0.101. The predicted molar refractivity (Wildman–Crippen MR) is 128 cm³/mol. The first-order valence-corrected chi connectivity index (χ1v) is 10.2. The van der Waals surface area contributed by atoms with Gasteiger partial charge in [-0.25, -0.2) is 4.57 Å². The quantitative estimate of drug-likeness (QED) is 0.346. The summed E-state index contributed by atoms with van der Waals surface area (Å²) in [6.07, 6.45) is 1.47. The zero-order valence-electron chi connectivity index (χ0n) is 18.4. The number of para-hydroxylation sites is 1. The maximum Gasteiger partial charge on any atom is 0.265 e. The molecule has 4 aromatic rings. The van der Waals surface area contributed by atoms with Crippen molar-refractivity contribution in [2.45, 2.75) is 6.92 Å². The van der Waals surface area contributed by atoms with E-state index in [0.717, 1.165) is 0 Å². The highest BCUT2D eigenvalue weighted by Gasteiger charge is 2.18. The Bertz CT molecular complexity index is 1450. The van der Waals surface area contributed by atoms with Crippen molar-refractivity contribution in [3.8, 4) is 23.1 Å². The number of carbonyl (C=O) groups is 1. The molecular formula is C26H22N2O5. The molecule has 1 N–H and O–H groups in total. The zero-order chi connectivity index (χ0) is 23.5. The minimum absolute atomic E-state index is 0.118. The Morgan fingerprint density at radius 2 is 1.61 bits per heavy atom. The fourth-order valence-corrected chi connectivity index (χ4v) is 3.71. The number of methoxy groups -OCH3 is 2. The van der Waals surface area contributed by atoms with E-state index in [1.165, 1.54) is 31.9 Å². The molecule has 0 aliphatic carbocycles. The molecule has 1 aromatic heterocycles. The number of hydrogen-bond acceptors (Lipinski definition) is 6. The van der Waals surface area contributed by atoms with E-state index in [2.05, 4.69) is 4.99 Å². The van der Waals surface area contributed by atoms with Crippen molar-refractivity contribution in [2.75, 3.05) is 14.2 Å². The fourth-order valence-electron chi connectivity index (χ4n) is 3.71. The number of pyridine rings is 1. The minimum Gasteiger partial charge on any atom is -0.494 e. The molecule has 3 aromatic carbocycles. The monoisotopic (exact) mass is 442 g/mol. The number of aliphatic imine (C=N–C) groups is 1. The predicted octanol–water partition coefficient (Wildman–Crippen LogP) is 4.67. The molecule has 33 heavy (non-hydrogen) atoms. The molecule has 0 saturated heterocycles. The molecule has 0 unspecified atom stereocenters. The number of hydrogen-bond donors (Lipinski definition) is 1. The Hall–Kier alpha value is -4.39. The highest BCUT2D eigenvalue weighted by Crippen LogP contribution is 2.32. The van der Waals surface area contributed by atoms with Gasteiger partial charge in [-0.2, -0.15) is 0 Å². The molecule has 0 amide bonds. The summed E-state index contributed by atoms with van der Waals surface area (Å²) in [7, 11) is 3.01. The molecule has 7 heteroatoms. The first-order valence-electron chi connectivity index (χ1n) is 10.2. The Morgan fingerprint density at radius 3 is 2.30 bits per heavy atom. The van der Waals surface area contributed by atoms with Crippen LogP contribution >= 0.6 is 0 Å². The molecule has 0 atom stereocenters. The highest BCUT2D eigenvalue weighted by molar-refractivity contribution is 6.04. The number of nitrogens with zero attached hydrogens (tertiary/aromatic N) is 2. The maximum atomic E-state index is 13.3. The summed E-state index contributed by atoms with van der Waals surface area (Å²) in [6.45, 7) is 1.47. The average Bonchev–Trinajstić information content (AvgIpc) is 2.84. The molecule has 0 spiro atoms. The van der Waals surface area contributed by atoms with Crippen LogP contribution in [0.15, 0.2) is 76.5 Å². The number of aromatic hydroxyl groups is 1. The van der Waals surface area contributed by atoms with E-state index in [-0.39, 0.29) is 11.7 Å². The molecule has 0 bridgehead atoms. The van der Waals surface area contributed by atoms with Crippen LogP contribution in [-0.4, -0.2) is 35.9 Å². The molecule has 0 fully saturated rings. The summed E-state index contributed by atoms with van der Waals surface area (Å²) in [5.41, 5.74) is 1.29. The lowest BCUT2D eigenvalue weighted by Crippen LogP contribution is -2.20. The van der Waals surface area contributed by atoms with E-state index in [9.17, 15) is 14.7 Å². The molecule has 0 saturated carbocycles. The van der Waals surface area contributed by atoms with Gasteiger partial charge in [-0.05, 0) is 37.3 Å². The zero-order valence-corrected chi connectivity index (χ0v) is 18.4. The van der Waals surface area contributed by atoms with Crippen LogP contribution in [0.1, 0.15) is 22.8 Å². The SMILES string of the molecule is COc1ccc(-n2c(O)c(C=Nc3ccccc3C(C)=O)c3ccccc3c2=O)cc1OC. The first-order chi connectivity index (χ1) is 16.0. The summed E-state index contributed by atoms with van der Waals surface area (Å²) in [6, 6.07) is 18.9. The van der Waals surface area contributed by atoms with Crippen LogP contribution < -0.4 is 15.0 Å². The first kappa shape index (κ1) is 21.8. The van der Waals surface area contributed by atoms with Crippen LogP contribution in [-0.2, 0) is 0 Å². The number of aromatic nitrogens is 1. The topological polar surface area (TPSA) is 90.1 Å². The maximum absolute atomic E-state index is 13.3. The number of ketones is 1. The van der Waals surface area contributed by atoms with Crippen molar-refractivity contribution < 1.29 is 19.4 Å². The number of ether oxygens (including phenoxy) is 2. The van der Waals surface area contributed by atoms with Gasteiger partial charge in [0.1, 0.15) is 0 Å². The normalized spacial score (nSPS) is 11.1. The lowest BCUT2D eigenvalue weighted by Gasteiger charge is -2.15. The molecule has 0 radical (unpaired) electrons. The molecule has 1 heterocycles. The van der Waals surface area contributed by atoms with Crippen molar-refractivity contribution in [3.05, 3.63) is 88.2 Å². The van der Waals surface area contributed by atoms with Gasteiger partial charge in [-0.15, -0.1) is 0 Å². The Labute approximate surface area is 190 Å². The van der Waals surface area contributed by atoms with Gasteiger partial charge >= 0.3 is 0 Å². The highest BCUT2D eigenvalue weighted by atomic mass is 16.5. The molecule has 0 aliphatic rings. The second kappa shape index (κ2) is 9.00. The summed E-state index contributed by atoms with van der Waals surface area (Å²) < 4.78 is 11.8. The molecule has 166 valence electrons. The van der Waals surface area contributed by atoms with Crippen molar-refractivity contribution in [1.29, 1.82) is 0 Å². The van der Waals surface area contributed by atoms with E-state index in [4.69, 9.17) is 9.47 Å². The van der Waals surface area contributed by atoms with E-state index < -0.39 is 5.56 Å². The molecular weight excluding hydrogens is 420 g/mol. The third-order valence-electron chi connectivity index (χ3n) is 5.34. The number of benzene rings is 3. The van der Waals surface area contributed by atoms with Crippen LogP contribution in [0.4, 0.5) is 5.69 Å². The fraction of sp³-hybridized carbons (Fsp3) is 0.115. The summed E-state index contributed by atoms with van der Waals surface area (Å²) in [5, 5.41) is 12.2.